The van der Waals surface area contributed by atoms with Crippen LogP contribution >= 0.6 is 0 Å². The molecule has 0 saturated carbocycles. The fraction of sp³-hybridized carbons (Fsp3) is 1.00. The standard InChI is InChI=1S/C7H18N2O2/c1-8-6(10)4-3-5-7(11)9-2/h6-11H,3-5H2,1-2H3. The third-order valence-electron chi connectivity index (χ3n) is 1.62. The Morgan fingerprint density at radius 2 is 1.36 bits per heavy atom. The highest BCUT2D eigenvalue weighted by atomic mass is 16.3. The lowest BCUT2D eigenvalue weighted by Crippen LogP contribution is -2.27. The minimum atomic E-state index is -0.445. The van der Waals surface area contributed by atoms with Crippen LogP contribution in [0.3, 0.4) is 0 Å². The van der Waals surface area contributed by atoms with Crippen LogP contribution in [0.4, 0.5) is 0 Å². The molecule has 0 aliphatic heterocycles. The zero-order valence-electron chi connectivity index (χ0n) is 7.17. The van der Waals surface area contributed by atoms with Gasteiger partial charge in [-0.2, -0.15) is 0 Å². The minimum absolute atomic E-state index is 0.445. The largest absolute Gasteiger partial charge is 0.379 e. The smallest absolute Gasteiger partial charge is 0.104 e. The lowest BCUT2D eigenvalue weighted by atomic mass is 10.2. The van der Waals surface area contributed by atoms with E-state index in [9.17, 15) is 0 Å². The lowest BCUT2D eigenvalue weighted by Gasteiger charge is -2.11. The molecule has 0 bridgehead atoms. The first kappa shape index (κ1) is 10.8. The molecule has 2 atom stereocenters. The van der Waals surface area contributed by atoms with E-state index in [0.717, 1.165) is 6.42 Å². The van der Waals surface area contributed by atoms with E-state index >= 15 is 0 Å². The average molecular weight is 162 g/mol. The van der Waals surface area contributed by atoms with Crippen LogP contribution in [-0.4, -0.2) is 36.8 Å². The van der Waals surface area contributed by atoms with Crippen LogP contribution in [0.2, 0.25) is 0 Å². The Morgan fingerprint density at radius 3 is 1.64 bits per heavy atom. The summed E-state index contributed by atoms with van der Waals surface area (Å²) in [5, 5.41) is 23.5. The zero-order chi connectivity index (χ0) is 8.69. The molecule has 0 radical (unpaired) electrons. The van der Waals surface area contributed by atoms with E-state index < -0.39 is 12.5 Å². The van der Waals surface area contributed by atoms with Crippen molar-refractivity contribution in [3.8, 4) is 0 Å². The molecule has 0 rings (SSSR count). The highest BCUT2D eigenvalue weighted by Crippen LogP contribution is 2.00. The van der Waals surface area contributed by atoms with Crippen LogP contribution in [-0.2, 0) is 0 Å². The molecular formula is C7H18N2O2. The third-order valence-corrected chi connectivity index (χ3v) is 1.62. The van der Waals surface area contributed by atoms with Crippen LogP contribution in [0.25, 0.3) is 0 Å². The van der Waals surface area contributed by atoms with E-state index in [1.165, 1.54) is 0 Å². The van der Waals surface area contributed by atoms with Crippen LogP contribution in [0.15, 0.2) is 0 Å². The van der Waals surface area contributed by atoms with Gasteiger partial charge in [0.25, 0.3) is 0 Å². The second-order valence-electron chi connectivity index (χ2n) is 2.54. The second-order valence-corrected chi connectivity index (χ2v) is 2.54. The first-order valence-electron chi connectivity index (χ1n) is 3.91. The fourth-order valence-electron chi connectivity index (χ4n) is 0.793. The molecule has 4 heteroatoms. The summed E-state index contributed by atoms with van der Waals surface area (Å²) < 4.78 is 0. The summed E-state index contributed by atoms with van der Waals surface area (Å²) in [5.74, 6) is 0. The fourth-order valence-corrected chi connectivity index (χ4v) is 0.793. The van der Waals surface area contributed by atoms with Crippen molar-refractivity contribution in [1.29, 1.82) is 0 Å². The molecule has 0 aromatic carbocycles. The van der Waals surface area contributed by atoms with Crippen molar-refractivity contribution in [1.82, 2.24) is 10.6 Å². The van der Waals surface area contributed by atoms with Crippen LogP contribution in [0.5, 0.6) is 0 Å². The molecular weight excluding hydrogens is 144 g/mol. The van der Waals surface area contributed by atoms with Gasteiger partial charge in [0.1, 0.15) is 12.5 Å². The van der Waals surface area contributed by atoms with Gasteiger partial charge in [-0.05, 0) is 33.4 Å². The highest BCUT2D eigenvalue weighted by Gasteiger charge is 2.02. The van der Waals surface area contributed by atoms with Gasteiger partial charge in [-0.3, -0.25) is 10.6 Å². The minimum Gasteiger partial charge on any atom is -0.379 e. The van der Waals surface area contributed by atoms with Gasteiger partial charge in [0.05, 0.1) is 0 Å². The maximum Gasteiger partial charge on any atom is 0.104 e. The Balaban J connectivity index is 3.13. The van der Waals surface area contributed by atoms with Crippen LogP contribution < -0.4 is 10.6 Å². The third kappa shape index (κ3) is 6.25. The van der Waals surface area contributed by atoms with Gasteiger partial charge in [-0.1, -0.05) is 0 Å². The van der Waals surface area contributed by atoms with Crippen LogP contribution in [0, 0.1) is 0 Å². The topological polar surface area (TPSA) is 64.5 Å². The van der Waals surface area contributed by atoms with Gasteiger partial charge >= 0.3 is 0 Å². The summed E-state index contributed by atoms with van der Waals surface area (Å²) in [6, 6.07) is 0. The Kier molecular flexibility index (Phi) is 6.45. The van der Waals surface area contributed by atoms with Crippen molar-refractivity contribution in [2.75, 3.05) is 14.1 Å². The Hall–Kier alpha value is -0.160. The summed E-state index contributed by atoms with van der Waals surface area (Å²) in [5.41, 5.74) is 0. The Morgan fingerprint density at radius 1 is 1.00 bits per heavy atom. The monoisotopic (exact) mass is 162 g/mol. The summed E-state index contributed by atoms with van der Waals surface area (Å²) in [7, 11) is 3.42. The number of hydrogen-bond donors (Lipinski definition) is 4. The predicted molar refractivity (Wildman–Crippen MR) is 44.0 cm³/mol. The molecule has 0 saturated heterocycles. The van der Waals surface area contributed by atoms with Crippen molar-refractivity contribution in [2.45, 2.75) is 31.7 Å². The molecule has 0 aliphatic carbocycles. The number of aliphatic hydroxyl groups excluding tert-OH is 2. The molecule has 68 valence electrons. The van der Waals surface area contributed by atoms with Crippen molar-refractivity contribution in [3.05, 3.63) is 0 Å². The number of aliphatic hydroxyl groups is 2. The van der Waals surface area contributed by atoms with Crippen molar-refractivity contribution >= 4 is 0 Å². The summed E-state index contributed by atoms with van der Waals surface area (Å²) in [4.78, 5) is 0. The second kappa shape index (κ2) is 6.54. The maximum absolute atomic E-state index is 9.03. The van der Waals surface area contributed by atoms with E-state index in [-0.39, 0.29) is 0 Å². The Labute approximate surface area is 67.6 Å². The average Bonchev–Trinajstić information content (AvgIpc) is 2.04. The molecule has 0 aromatic heterocycles. The number of rotatable bonds is 6. The lowest BCUT2D eigenvalue weighted by molar-refractivity contribution is 0.107. The number of hydrogen-bond acceptors (Lipinski definition) is 4. The molecule has 2 unspecified atom stereocenters. The van der Waals surface area contributed by atoms with Gasteiger partial charge in [0, 0.05) is 0 Å². The quantitative estimate of drug-likeness (QED) is 0.387. The highest BCUT2D eigenvalue weighted by molar-refractivity contribution is 4.53. The molecule has 4 nitrogen and oxygen atoms in total. The first-order chi connectivity index (χ1) is 5.20. The van der Waals surface area contributed by atoms with Crippen molar-refractivity contribution < 1.29 is 10.2 Å². The summed E-state index contributed by atoms with van der Waals surface area (Å²) >= 11 is 0. The van der Waals surface area contributed by atoms with Gasteiger partial charge < -0.3 is 10.2 Å². The normalized spacial score (nSPS) is 16.4. The summed E-state index contributed by atoms with van der Waals surface area (Å²) in [6.07, 6.45) is 1.27. The first-order valence-corrected chi connectivity index (χ1v) is 3.91. The van der Waals surface area contributed by atoms with E-state index in [0.29, 0.717) is 12.8 Å². The molecule has 0 amide bonds. The van der Waals surface area contributed by atoms with Gasteiger partial charge in [-0.15, -0.1) is 0 Å². The molecule has 0 fully saturated rings. The van der Waals surface area contributed by atoms with Gasteiger partial charge in [0.15, 0.2) is 0 Å². The van der Waals surface area contributed by atoms with Crippen LogP contribution in [0.1, 0.15) is 19.3 Å². The number of nitrogens with one attached hydrogen (secondary N) is 2. The summed E-state index contributed by atoms with van der Waals surface area (Å²) in [6.45, 7) is 0. The molecule has 0 spiro atoms. The van der Waals surface area contributed by atoms with Crippen molar-refractivity contribution in [2.24, 2.45) is 0 Å². The predicted octanol–water partition coefficient (Wildman–Crippen LogP) is -0.768. The molecule has 4 N–H and O–H groups in total. The molecule has 0 aromatic rings. The molecule has 0 heterocycles. The van der Waals surface area contributed by atoms with E-state index in [4.69, 9.17) is 10.2 Å². The molecule has 11 heavy (non-hydrogen) atoms. The maximum atomic E-state index is 9.03. The van der Waals surface area contributed by atoms with Crippen molar-refractivity contribution in [3.63, 3.8) is 0 Å². The zero-order valence-corrected chi connectivity index (χ0v) is 7.17. The van der Waals surface area contributed by atoms with Gasteiger partial charge in [0.2, 0.25) is 0 Å². The van der Waals surface area contributed by atoms with Gasteiger partial charge in [-0.25, -0.2) is 0 Å². The Bertz CT molecular complexity index is 80.5. The SMILES string of the molecule is CNC(O)CCCC(O)NC. The van der Waals surface area contributed by atoms with E-state index in [1.54, 1.807) is 14.1 Å². The van der Waals surface area contributed by atoms with E-state index in [2.05, 4.69) is 10.6 Å². The molecule has 0 aliphatic rings. The van der Waals surface area contributed by atoms with E-state index in [1.807, 2.05) is 0 Å².